The van der Waals surface area contributed by atoms with Gasteiger partial charge in [0.25, 0.3) is 0 Å². The van der Waals surface area contributed by atoms with Crippen molar-refractivity contribution in [2.24, 2.45) is 5.73 Å². The van der Waals surface area contributed by atoms with Crippen molar-refractivity contribution in [3.05, 3.63) is 54.6 Å². The number of rotatable bonds is 2. The van der Waals surface area contributed by atoms with Crippen LogP contribution in [0.4, 0.5) is 0 Å². The van der Waals surface area contributed by atoms with Crippen molar-refractivity contribution in [3.8, 4) is 0 Å². The summed E-state index contributed by atoms with van der Waals surface area (Å²) in [6, 6.07) is 8.16. The standard InChI is InChI=1S/C13H13BrClNS/c1-7-3-4-9(6-10(7)14)12(16)11-5-8(2)13(15)17-11/h3-6,12H,16H2,1-2H3. The maximum atomic E-state index is 6.25. The average Bonchev–Trinajstić information content (AvgIpc) is 2.62. The predicted molar refractivity (Wildman–Crippen MR) is 79.0 cm³/mol. The lowest BCUT2D eigenvalue weighted by molar-refractivity contribution is 0.890. The zero-order valence-corrected chi connectivity index (χ0v) is 12.8. The number of nitrogens with two attached hydrogens (primary N) is 1. The summed E-state index contributed by atoms with van der Waals surface area (Å²) in [6.07, 6.45) is 0. The fourth-order valence-electron chi connectivity index (χ4n) is 1.60. The van der Waals surface area contributed by atoms with E-state index in [4.69, 9.17) is 17.3 Å². The zero-order valence-electron chi connectivity index (χ0n) is 9.63. The maximum absolute atomic E-state index is 6.25. The molecule has 0 spiro atoms. The Morgan fingerprint density at radius 3 is 2.47 bits per heavy atom. The summed E-state index contributed by atoms with van der Waals surface area (Å²) in [4.78, 5) is 1.10. The number of hydrogen-bond donors (Lipinski definition) is 1. The first-order chi connectivity index (χ1) is 7.99. The van der Waals surface area contributed by atoms with Crippen LogP contribution in [0.25, 0.3) is 0 Å². The molecule has 1 unspecified atom stereocenters. The molecule has 0 aliphatic carbocycles. The van der Waals surface area contributed by atoms with Crippen LogP contribution >= 0.6 is 38.9 Å². The zero-order chi connectivity index (χ0) is 12.6. The molecule has 2 aromatic rings. The van der Waals surface area contributed by atoms with Crippen molar-refractivity contribution in [3.63, 3.8) is 0 Å². The second-order valence-electron chi connectivity index (χ2n) is 4.09. The molecule has 2 rings (SSSR count). The Balaban J connectivity index is 2.36. The molecule has 1 nitrogen and oxygen atoms in total. The Morgan fingerprint density at radius 2 is 1.94 bits per heavy atom. The van der Waals surface area contributed by atoms with Gasteiger partial charge in [-0.05, 0) is 42.7 Å². The van der Waals surface area contributed by atoms with E-state index >= 15 is 0 Å². The van der Waals surface area contributed by atoms with Gasteiger partial charge in [-0.2, -0.15) is 0 Å². The fourth-order valence-corrected chi connectivity index (χ4v) is 3.25. The van der Waals surface area contributed by atoms with Crippen LogP contribution in [0.5, 0.6) is 0 Å². The Bertz CT molecular complexity index is 531. The van der Waals surface area contributed by atoms with Gasteiger partial charge in [0.1, 0.15) is 0 Å². The average molecular weight is 331 g/mol. The van der Waals surface area contributed by atoms with Gasteiger partial charge >= 0.3 is 0 Å². The highest BCUT2D eigenvalue weighted by Crippen LogP contribution is 2.33. The molecular weight excluding hydrogens is 318 g/mol. The first-order valence-corrected chi connectivity index (χ1v) is 7.25. The first-order valence-electron chi connectivity index (χ1n) is 5.26. The molecule has 0 amide bonds. The minimum atomic E-state index is -0.108. The van der Waals surface area contributed by atoms with Gasteiger partial charge in [0.2, 0.25) is 0 Å². The van der Waals surface area contributed by atoms with Gasteiger partial charge in [-0.3, -0.25) is 0 Å². The molecule has 0 saturated heterocycles. The van der Waals surface area contributed by atoms with Gasteiger partial charge in [-0.15, -0.1) is 11.3 Å². The second-order valence-corrected chi connectivity index (χ2v) is 6.63. The SMILES string of the molecule is Cc1ccc(C(N)c2cc(C)c(Cl)s2)cc1Br. The molecular formula is C13H13BrClNS. The molecule has 1 atom stereocenters. The van der Waals surface area contributed by atoms with E-state index in [1.54, 1.807) is 11.3 Å². The van der Waals surface area contributed by atoms with Crippen LogP contribution in [0.2, 0.25) is 4.34 Å². The summed E-state index contributed by atoms with van der Waals surface area (Å²) >= 11 is 11.2. The monoisotopic (exact) mass is 329 g/mol. The van der Waals surface area contributed by atoms with Gasteiger partial charge in [0.05, 0.1) is 10.4 Å². The Labute approximate surface area is 119 Å². The van der Waals surface area contributed by atoms with Crippen LogP contribution in [-0.2, 0) is 0 Å². The van der Waals surface area contributed by atoms with Gasteiger partial charge in [-0.25, -0.2) is 0 Å². The molecule has 0 fully saturated rings. The van der Waals surface area contributed by atoms with Crippen molar-refractivity contribution in [2.75, 3.05) is 0 Å². The highest BCUT2D eigenvalue weighted by atomic mass is 79.9. The van der Waals surface area contributed by atoms with Crippen molar-refractivity contribution in [2.45, 2.75) is 19.9 Å². The third kappa shape index (κ3) is 2.74. The number of halogens is 2. The number of benzene rings is 1. The fraction of sp³-hybridized carbons (Fsp3) is 0.231. The Kier molecular flexibility index (Phi) is 3.93. The van der Waals surface area contributed by atoms with Gasteiger partial charge in [0.15, 0.2) is 0 Å². The quantitative estimate of drug-likeness (QED) is 0.838. The number of thiophene rings is 1. The minimum absolute atomic E-state index is 0.108. The number of aryl methyl sites for hydroxylation is 2. The molecule has 1 heterocycles. The van der Waals surface area contributed by atoms with Gasteiger partial charge < -0.3 is 5.73 Å². The lowest BCUT2D eigenvalue weighted by Crippen LogP contribution is -2.10. The van der Waals surface area contributed by atoms with Gasteiger partial charge in [0, 0.05) is 9.35 Å². The van der Waals surface area contributed by atoms with Crippen LogP contribution in [0, 0.1) is 13.8 Å². The lowest BCUT2D eigenvalue weighted by Gasteiger charge is -2.11. The summed E-state index contributed by atoms with van der Waals surface area (Å²) in [7, 11) is 0. The molecule has 0 radical (unpaired) electrons. The molecule has 0 saturated carbocycles. The minimum Gasteiger partial charge on any atom is -0.320 e. The van der Waals surface area contributed by atoms with Gasteiger partial charge in [-0.1, -0.05) is 39.7 Å². The van der Waals surface area contributed by atoms with Crippen molar-refractivity contribution >= 4 is 38.9 Å². The largest absolute Gasteiger partial charge is 0.320 e. The highest BCUT2D eigenvalue weighted by molar-refractivity contribution is 9.10. The van der Waals surface area contributed by atoms with Crippen LogP contribution < -0.4 is 5.73 Å². The summed E-state index contributed by atoms with van der Waals surface area (Å²) in [6.45, 7) is 4.06. The topological polar surface area (TPSA) is 26.0 Å². The third-order valence-corrected chi connectivity index (χ3v) is 5.23. The summed E-state index contributed by atoms with van der Waals surface area (Å²) in [5.74, 6) is 0. The molecule has 2 N–H and O–H groups in total. The van der Waals surface area contributed by atoms with Crippen molar-refractivity contribution in [1.29, 1.82) is 0 Å². The number of hydrogen-bond acceptors (Lipinski definition) is 2. The van der Waals surface area contributed by atoms with Crippen molar-refractivity contribution in [1.82, 2.24) is 0 Å². The van der Waals surface area contributed by atoms with E-state index in [0.717, 1.165) is 24.8 Å². The van der Waals surface area contributed by atoms with E-state index < -0.39 is 0 Å². The van der Waals surface area contributed by atoms with Crippen LogP contribution in [0.3, 0.4) is 0 Å². The summed E-state index contributed by atoms with van der Waals surface area (Å²) in [5.41, 5.74) is 9.65. The van der Waals surface area contributed by atoms with E-state index in [0.29, 0.717) is 0 Å². The third-order valence-electron chi connectivity index (χ3n) is 2.74. The van der Waals surface area contributed by atoms with Crippen LogP contribution in [0.15, 0.2) is 28.7 Å². The van der Waals surface area contributed by atoms with E-state index in [1.807, 2.05) is 6.92 Å². The summed E-state index contributed by atoms with van der Waals surface area (Å²) in [5, 5.41) is 0. The Morgan fingerprint density at radius 1 is 1.24 bits per heavy atom. The lowest BCUT2D eigenvalue weighted by atomic mass is 10.0. The molecule has 4 heteroatoms. The maximum Gasteiger partial charge on any atom is 0.0961 e. The molecule has 17 heavy (non-hydrogen) atoms. The van der Waals surface area contributed by atoms with E-state index in [1.165, 1.54) is 5.56 Å². The Hall–Kier alpha value is -0.350. The molecule has 1 aromatic carbocycles. The molecule has 0 aliphatic rings. The molecule has 1 aromatic heterocycles. The second kappa shape index (κ2) is 5.11. The van der Waals surface area contributed by atoms with E-state index in [-0.39, 0.29) is 6.04 Å². The summed E-state index contributed by atoms with van der Waals surface area (Å²) < 4.78 is 1.91. The van der Waals surface area contributed by atoms with Crippen LogP contribution in [0.1, 0.15) is 27.6 Å². The van der Waals surface area contributed by atoms with E-state index in [9.17, 15) is 0 Å². The normalized spacial score (nSPS) is 12.8. The molecule has 0 bridgehead atoms. The predicted octanol–water partition coefficient (Wildman–Crippen LogP) is 4.83. The first kappa shape index (κ1) is 13.1. The molecule has 0 aliphatic heterocycles. The highest BCUT2D eigenvalue weighted by Gasteiger charge is 2.14. The smallest absolute Gasteiger partial charge is 0.0961 e. The van der Waals surface area contributed by atoms with Crippen LogP contribution in [-0.4, -0.2) is 0 Å². The molecule has 90 valence electrons. The van der Waals surface area contributed by atoms with E-state index in [2.05, 4.69) is 47.1 Å². The van der Waals surface area contributed by atoms with Crippen molar-refractivity contribution < 1.29 is 0 Å².